The second-order valence-electron chi connectivity index (χ2n) is 8.04. The Labute approximate surface area is 151 Å². The molecule has 2 fully saturated rings. The molecule has 1 aromatic rings. The molecule has 1 aliphatic carbocycles. The number of aryl methyl sites for hydroxylation is 1. The molecule has 1 aliphatic heterocycles. The highest BCUT2D eigenvalue weighted by Crippen LogP contribution is 2.30. The van der Waals surface area contributed by atoms with Gasteiger partial charge in [0.2, 0.25) is 11.8 Å². The van der Waals surface area contributed by atoms with Crippen molar-refractivity contribution in [2.45, 2.75) is 59.0 Å². The van der Waals surface area contributed by atoms with Gasteiger partial charge in [0.05, 0.1) is 5.92 Å². The predicted octanol–water partition coefficient (Wildman–Crippen LogP) is 3.28. The maximum Gasteiger partial charge on any atom is 0.225 e. The zero-order valence-electron chi connectivity index (χ0n) is 15.6. The van der Waals surface area contributed by atoms with Crippen molar-refractivity contribution in [2.75, 3.05) is 6.54 Å². The number of likely N-dealkylation sites (tertiary alicyclic amines) is 1. The average molecular weight is 342 g/mol. The van der Waals surface area contributed by atoms with E-state index in [1.54, 1.807) is 0 Å². The van der Waals surface area contributed by atoms with E-state index in [0.29, 0.717) is 31.3 Å². The minimum absolute atomic E-state index is 0.0608. The Morgan fingerprint density at radius 2 is 1.92 bits per heavy atom. The smallest absolute Gasteiger partial charge is 0.225 e. The Morgan fingerprint density at radius 1 is 1.20 bits per heavy atom. The zero-order valence-corrected chi connectivity index (χ0v) is 15.6. The minimum atomic E-state index is -0.206. The van der Waals surface area contributed by atoms with E-state index < -0.39 is 0 Å². The molecule has 2 aliphatic rings. The number of rotatable bonds is 4. The minimum Gasteiger partial charge on any atom is -0.353 e. The molecule has 1 saturated carbocycles. The molecule has 4 atom stereocenters. The van der Waals surface area contributed by atoms with Gasteiger partial charge in [-0.25, -0.2) is 0 Å². The van der Waals surface area contributed by atoms with Crippen molar-refractivity contribution in [1.82, 2.24) is 10.2 Å². The molecule has 4 heteroatoms. The van der Waals surface area contributed by atoms with Crippen LogP contribution in [0.25, 0.3) is 0 Å². The number of hydrogen-bond donors (Lipinski definition) is 1. The second kappa shape index (κ2) is 7.59. The van der Waals surface area contributed by atoms with Crippen molar-refractivity contribution in [3.63, 3.8) is 0 Å². The largest absolute Gasteiger partial charge is 0.353 e. The topological polar surface area (TPSA) is 49.4 Å². The monoisotopic (exact) mass is 342 g/mol. The summed E-state index contributed by atoms with van der Waals surface area (Å²) >= 11 is 0. The van der Waals surface area contributed by atoms with Gasteiger partial charge in [-0.2, -0.15) is 0 Å². The number of hydrogen-bond acceptors (Lipinski definition) is 2. The number of amides is 2. The Morgan fingerprint density at radius 3 is 2.64 bits per heavy atom. The lowest BCUT2D eigenvalue weighted by Crippen LogP contribution is -2.46. The predicted molar refractivity (Wildman–Crippen MR) is 98.8 cm³/mol. The first-order valence-corrected chi connectivity index (χ1v) is 9.57. The second-order valence-corrected chi connectivity index (χ2v) is 8.04. The SMILES string of the molecule is Cc1ccc(CN2C[C@H](C(=O)N[C@@H]3CCC[C@H](C)[C@@H]3C)CC2=O)cc1. The van der Waals surface area contributed by atoms with Crippen molar-refractivity contribution in [3.8, 4) is 0 Å². The van der Waals surface area contributed by atoms with Gasteiger partial charge in [-0.1, -0.05) is 56.5 Å². The normalized spacial score (nSPS) is 29.7. The molecule has 1 N–H and O–H groups in total. The number of carbonyl (C=O) groups excluding carboxylic acids is 2. The fourth-order valence-electron chi connectivity index (χ4n) is 4.10. The van der Waals surface area contributed by atoms with Crippen LogP contribution < -0.4 is 5.32 Å². The van der Waals surface area contributed by atoms with Crippen LogP contribution in [-0.4, -0.2) is 29.3 Å². The summed E-state index contributed by atoms with van der Waals surface area (Å²) in [4.78, 5) is 26.8. The summed E-state index contributed by atoms with van der Waals surface area (Å²) < 4.78 is 0. The molecule has 1 aromatic carbocycles. The fourth-order valence-corrected chi connectivity index (χ4v) is 4.10. The molecular formula is C21H30N2O2. The quantitative estimate of drug-likeness (QED) is 0.913. The third-order valence-corrected chi connectivity index (χ3v) is 6.11. The van der Waals surface area contributed by atoms with Crippen molar-refractivity contribution >= 4 is 11.8 Å². The molecule has 2 amide bonds. The van der Waals surface area contributed by atoms with E-state index in [4.69, 9.17) is 0 Å². The lowest BCUT2D eigenvalue weighted by atomic mass is 9.78. The van der Waals surface area contributed by atoms with Crippen LogP contribution in [0, 0.1) is 24.7 Å². The van der Waals surface area contributed by atoms with Crippen molar-refractivity contribution in [2.24, 2.45) is 17.8 Å². The summed E-state index contributed by atoms with van der Waals surface area (Å²) in [6.07, 6.45) is 3.83. The van der Waals surface area contributed by atoms with Gasteiger partial charge in [-0.15, -0.1) is 0 Å². The van der Waals surface area contributed by atoms with Crippen LogP contribution in [0.15, 0.2) is 24.3 Å². The van der Waals surface area contributed by atoms with Gasteiger partial charge in [0.25, 0.3) is 0 Å². The highest BCUT2D eigenvalue weighted by molar-refractivity contribution is 5.89. The lowest BCUT2D eigenvalue weighted by Gasteiger charge is -2.35. The van der Waals surface area contributed by atoms with E-state index in [0.717, 1.165) is 12.0 Å². The molecule has 0 spiro atoms. The molecule has 0 aromatic heterocycles. The summed E-state index contributed by atoms with van der Waals surface area (Å²) in [5.74, 6) is 1.11. The third-order valence-electron chi connectivity index (χ3n) is 6.11. The lowest BCUT2D eigenvalue weighted by molar-refractivity contribution is -0.129. The Kier molecular flexibility index (Phi) is 5.45. The van der Waals surface area contributed by atoms with E-state index in [9.17, 15) is 9.59 Å². The first-order valence-electron chi connectivity index (χ1n) is 9.57. The van der Waals surface area contributed by atoms with Crippen LogP contribution in [0.2, 0.25) is 0 Å². The van der Waals surface area contributed by atoms with Gasteiger partial charge >= 0.3 is 0 Å². The number of carbonyl (C=O) groups is 2. The molecule has 0 radical (unpaired) electrons. The van der Waals surface area contributed by atoms with E-state index in [2.05, 4.69) is 50.4 Å². The zero-order chi connectivity index (χ0) is 18.0. The first kappa shape index (κ1) is 18.0. The van der Waals surface area contributed by atoms with Crippen LogP contribution in [0.5, 0.6) is 0 Å². The van der Waals surface area contributed by atoms with Crippen molar-refractivity contribution in [3.05, 3.63) is 35.4 Å². The molecule has 25 heavy (non-hydrogen) atoms. The highest BCUT2D eigenvalue weighted by Gasteiger charge is 2.36. The van der Waals surface area contributed by atoms with Crippen LogP contribution in [-0.2, 0) is 16.1 Å². The maximum atomic E-state index is 12.7. The Bertz CT molecular complexity index is 625. The number of nitrogens with zero attached hydrogens (tertiary/aromatic N) is 1. The van der Waals surface area contributed by atoms with Gasteiger partial charge in [0.1, 0.15) is 0 Å². The van der Waals surface area contributed by atoms with Gasteiger partial charge in [-0.05, 0) is 30.7 Å². The average Bonchev–Trinajstić information content (AvgIpc) is 2.95. The Balaban J connectivity index is 1.56. The summed E-state index contributed by atoms with van der Waals surface area (Å²) in [6, 6.07) is 8.50. The first-order chi connectivity index (χ1) is 11.9. The van der Waals surface area contributed by atoms with Crippen LogP contribution in [0.4, 0.5) is 0 Å². The Hall–Kier alpha value is -1.84. The van der Waals surface area contributed by atoms with Crippen molar-refractivity contribution in [1.29, 1.82) is 0 Å². The molecule has 1 heterocycles. The van der Waals surface area contributed by atoms with E-state index in [1.807, 2.05) is 4.90 Å². The van der Waals surface area contributed by atoms with Crippen LogP contribution >= 0.6 is 0 Å². The third kappa shape index (κ3) is 4.23. The van der Waals surface area contributed by atoms with E-state index in [1.165, 1.54) is 18.4 Å². The van der Waals surface area contributed by atoms with Gasteiger partial charge in [-0.3, -0.25) is 9.59 Å². The van der Waals surface area contributed by atoms with Gasteiger partial charge < -0.3 is 10.2 Å². The maximum absolute atomic E-state index is 12.7. The molecule has 3 rings (SSSR count). The molecule has 0 unspecified atom stereocenters. The molecule has 0 bridgehead atoms. The summed E-state index contributed by atoms with van der Waals surface area (Å²) in [6.45, 7) is 7.69. The summed E-state index contributed by atoms with van der Waals surface area (Å²) in [5.41, 5.74) is 2.33. The van der Waals surface area contributed by atoms with Crippen LogP contribution in [0.3, 0.4) is 0 Å². The number of benzene rings is 1. The molecule has 136 valence electrons. The highest BCUT2D eigenvalue weighted by atomic mass is 16.2. The molecule has 1 saturated heterocycles. The van der Waals surface area contributed by atoms with E-state index >= 15 is 0 Å². The molecule has 4 nitrogen and oxygen atoms in total. The van der Waals surface area contributed by atoms with Gasteiger partial charge in [0, 0.05) is 25.6 Å². The van der Waals surface area contributed by atoms with E-state index in [-0.39, 0.29) is 23.8 Å². The van der Waals surface area contributed by atoms with Crippen LogP contribution in [0.1, 0.15) is 50.7 Å². The van der Waals surface area contributed by atoms with Gasteiger partial charge in [0.15, 0.2) is 0 Å². The summed E-state index contributed by atoms with van der Waals surface area (Å²) in [7, 11) is 0. The molecular weight excluding hydrogens is 312 g/mol. The van der Waals surface area contributed by atoms with Crippen molar-refractivity contribution < 1.29 is 9.59 Å². The standard InChI is InChI=1S/C21H30N2O2/c1-14-7-9-17(10-8-14)12-23-13-18(11-20(23)24)21(25)22-19-6-4-5-15(2)16(19)3/h7-10,15-16,18-19H,4-6,11-13H2,1-3H3,(H,22,25)/t15-,16-,18+,19+/m0/s1. The number of nitrogens with one attached hydrogen (secondary N) is 1. The fraction of sp³-hybridized carbons (Fsp3) is 0.619. The summed E-state index contributed by atoms with van der Waals surface area (Å²) in [5, 5.41) is 3.24.